The predicted octanol–water partition coefficient (Wildman–Crippen LogP) is 2.74. The maximum atomic E-state index is 12.8. The molecule has 0 aromatic heterocycles. The molecule has 0 radical (unpaired) electrons. The van der Waals surface area contributed by atoms with Gasteiger partial charge in [-0.15, -0.1) is 0 Å². The second-order valence-corrected chi connectivity index (χ2v) is 6.19. The quantitative estimate of drug-likeness (QED) is 0.641. The zero-order valence-corrected chi connectivity index (χ0v) is 14.7. The summed E-state index contributed by atoms with van der Waals surface area (Å²) >= 11 is 0. The van der Waals surface area contributed by atoms with E-state index in [0.29, 0.717) is 23.5 Å². The van der Waals surface area contributed by atoms with Gasteiger partial charge >= 0.3 is 6.03 Å². The molecule has 3 amide bonds. The summed E-state index contributed by atoms with van der Waals surface area (Å²) in [5, 5.41) is 2.69. The van der Waals surface area contributed by atoms with Crippen LogP contribution in [-0.4, -0.2) is 35.8 Å². The molecule has 6 nitrogen and oxygen atoms in total. The van der Waals surface area contributed by atoms with E-state index in [4.69, 9.17) is 4.74 Å². The molecule has 1 heterocycles. The van der Waals surface area contributed by atoms with Gasteiger partial charge in [-0.2, -0.15) is 0 Å². The van der Waals surface area contributed by atoms with Crippen molar-refractivity contribution in [3.8, 4) is 5.75 Å². The van der Waals surface area contributed by atoms with Crippen LogP contribution in [-0.2, 0) is 10.3 Å². The van der Waals surface area contributed by atoms with Gasteiger partial charge in [0.15, 0.2) is 5.78 Å². The molecule has 2 aromatic rings. The van der Waals surface area contributed by atoms with Crippen molar-refractivity contribution >= 4 is 17.7 Å². The first-order valence-electron chi connectivity index (χ1n) is 8.41. The van der Waals surface area contributed by atoms with E-state index in [1.54, 1.807) is 55.5 Å². The van der Waals surface area contributed by atoms with Crippen LogP contribution in [0, 0.1) is 0 Å². The summed E-state index contributed by atoms with van der Waals surface area (Å²) in [5.74, 6) is -0.0856. The van der Waals surface area contributed by atoms with Gasteiger partial charge in [-0.1, -0.05) is 30.3 Å². The van der Waals surface area contributed by atoms with E-state index < -0.39 is 17.5 Å². The van der Waals surface area contributed by atoms with E-state index >= 15 is 0 Å². The Hall–Kier alpha value is -3.15. The van der Waals surface area contributed by atoms with Crippen LogP contribution in [0.15, 0.2) is 54.6 Å². The van der Waals surface area contributed by atoms with Crippen LogP contribution >= 0.6 is 0 Å². The molecule has 1 saturated heterocycles. The standard InChI is InChI=1S/C20H20N2O4/c1-3-26-16-11-9-14(10-12-16)17(23)13-22-18(24)20(2,21-19(22)25)15-7-5-4-6-8-15/h4-12H,3,13H2,1-2H3,(H,21,25). The smallest absolute Gasteiger partial charge is 0.325 e. The van der Waals surface area contributed by atoms with Gasteiger partial charge in [0.2, 0.25) is 0 Å². The Labute approximate surface area is 151 Å². The van der Waals surface area contributed by atoms with E-state index in [2.05, 4.69) is 5.32 Å². The number of carbonyl (C=O) groups excluding carboxylic acids is 3. The third-order valence-corrected chi connectivity index (χ3v) is 4.42. The minimum absolute atomic E-state index is 0.304. The van der Waals surface area contributed by atoms with Crippen molar-refractivity contribution < 1.29 is 19.1 Å². The van der Waals surface area contributed by atoms with Crippen LogP contribution in [0.4, 0.5) is 4.79 Å². The highest BCUT2D eigenvalue weighted by Crippen LogP contribution is 2.28. The molecule has 134 valence electrons. The number of urea groups is 1. The van der Waals surface area contributed by atoms with Crippen LogP contribution in [0.1, 0.15) is 29.8 Å². The van der Waals surface area contributed by atoms with E-state index in [1.165, 1.54) is 0 Å². The van der Waals surface area contributed by atoms with E-state index in [-0.39, 0.29) is 12.3 Å². The van der Waals surface area contributed by atoms with Gasteiger partial charge in [0.1, 0.15) is 11.3 Å². The van der Waals surface area contributed by atoms with Crippen molar-refractivity contribution in [1.29, 1.82) is 0 Å². The molecule has 1 fully saturated rings. The van der Waals surface area contributed by atoms with Gasteiger partial charge in [0.05, 0.1) is 13.2 Å². The van der Waals surface area contributed by atoms with Gasteiger partial charge in [0, 0.05) is 5.56 Å². The largest absolute Gasteiger partial charge is 0.494 e. The molecule has 0 bridgehead atoms. The summed E-state index contributed by atoms with van der Waals surface area (Å²) < 4.78 is 5.34. The second-order valence-electron chi connectivity index (χ2n) is 6.19. The van der Waals surface area contributed by atoms with Crippen molar-refractivity contribution in [1.82, 2.24) is 10.2 Å². The van der Waals surface area contributed by atoms with Crippen molar-refractivity contribution in [2.75, 3.05) is 13.2 Å². The molecule has 2 aromatic carbocycles. The summed E-state index contributed by atoms with van der Waals surface area (Å²) in [6, 6.07) is 15.0. The Morgan fingerprint density at radius 1 is 1.08 bits per heavy atom. The van der Waals surface area contributed by atoms with E-state index in [1.807, 2.05) is 13.0 Å². The average Bonchev–Trinajstić information content (AvgIpc) is 2.87. The Balaban J connectivity index is 1.76. The van der Waals surface area contributed by atoms with Crippen LogP contribution in [0.25, 0.3) is 0 Å². The number of rotatable bonds is 6. The molecule has 1 aliphatic rings. The van der Waals surface area contributed by atoms with Crippen LogP contribution in [0.5, 0.6) is 5.75 Å². The molecule has 1 atom stereocenters. The number of hydrogen-bond donors (Lipinski definition) is 1. The first-order chi connectivity index (χ1) is 12.5. The highest BCUT2D eigenvalue weighted by molar-refractivity contribution is 6.11. The molecule has 0 saturated carbocycles. The number of amides is 3. The molecule has 3 rings (SSSR count). The minimum atomic E-state index is -1.17. The lowest BCUT2D eigenvalue weighted by atomic mass is 9.92. The Morgan fingerprint density at radius 2 is 1.73 bits per heavy atom. The number of nitrogens with one attached hydrogen (secondary N) is 1. The number of carbonyl (C=O) groups is 3. The Bertz CT molecular complexity index is 833. The minimum Gasteiger partial charge on any atom is -0.494 e. The van der Waals surface area contributed by atoms with Gasteiger partial charge in [-0.05, 0) is 43.7 Å². The lowest BCUT2D eigenvalue weighted by molar-refractivity contribution is -0.130. The molecular weight excluding hydrogens is 332 g/mol. The highest BCUT2D eigenvalue weighted by atomic mass is 16.5. The molecule has 1 unspecified atom stereocenters. The first-order valence-corrected chi connectivity index (χ1v) is 8.41. The summed E-state index contributed by atoms with van der Waals surface area (Å²) in [6.07, 6.45) is 0. The van der Waals surface area contributed by atoms with Crippen molar-refractivity contribution in [2.45, 2.75) is 19.4 Å². The number of Topliss-reactive ketones (excluding diaryl/α,β-unsaturated/α-hetero) is 1. The third-order valence-electron chi connectivity index (χ3n) is 4.42. The topological polar surface area (TPSA) is 75.7 Å². The summed E-state index contributed by atoms with van der Waals surface area (Å²) in [6.45, 7) is 3.75. The number of hydrogen-bond acceptors (Lipinski definition) is 4. The van der Waals surface area contributed by atoms with Gasteiger partial charge < -0.3 is 10.1 Å². The fourth-order valence-electron chi connectivity index (χ4n) is 2.95. The van der Waals surface area contributed by atoms with Crippen LogP contribution in [0.3, 0.4) is 0 Å². The summed E-state index contributed by atoms with van der Waals surface area (Å²) in [5.41, 5.74) is -0.0750. The van der Waals surface area contributed by atoms with Crippen LogP contribution in [0.2, 0.25) is 0 Å². The predicted molar refractivity (Wildman–Crippen MR) is 96.0 cm³/mol. The fourth-order valence-corrected chi connectivity index (χ4v) is 2.95. The lowest BCUT2D eigenvalue weighted by Crippen LogP contribution is -2.41. The summed E-state index contributed by atoms with van der Waals surface area (Å²) in [7, 11) is 0. The van der Waals surface area contributed by atoms with Gasteiger partial charge in [-0.25, -0.2) is 4.79 Å². The number of nitrogens with zero attached hydrogens (tertiary/aromatic N) is 1. The van der Waals surface area contributed by atoms with Crippen molar-refractivity contribution in [3.05, 3.63) is 65.7 Å². The SMILES string of the molecule is CCOc1ccc(C(=O)CN2C(=O)NC(C)(c3ccccc3)C2=O)cc1. The summed E-state index contributed by atoms with van der Waals surface area (Å²) in [4.78, 5) is 38.6. The fraction of sp³-hybridized carbons (Fsp3) is 0.250. The van der Waals surface area contributed by atoms with Gasteiger partial charge in [-0.3, -0.25) is 14.5 Å². The first kappa shape index (κ1) is 17.7. The number of imide groups is 1. The Morgan fingerprint density at radius 3 is 2.35 bits per heavy atom. The lowest BCUT2D eigenvalue weighted by Gasteiger charge is -2.22. The van der Waals surface area contributed by atoms with E-state index in [9.17, 15) is 14.4 Å². The maximum Gasteiger partial charge on any atom is 0.325 e. The Kier molecular flexibility index (Phi) is 4.75. The zero-order chi connectivity index (χ0) is 18.7. The third kappa shape index (κ3) is 3.18. The van der Waals surface area contributed by atoms with E-state index in [0.717, 1.165) is 4.90 Å². The molecule has 0 spiro atoms. The number of ether oxygens (including phenoxy) is 1. The number of benzene rings is 2. The van der Waals surface area contributed by atoms with Gasteiger partial charge in [0.25, 0.3) is 5.91 Å². The molecule has 1 N–H and O–H groups in total. The zero-order valence-electron chi connectivity index (χ0n) is 14.7. The van der Waals surface area contributed by atoms with Crippen molar-refractivity contribution in [3.63, 3.8) is 0 Å². The molecule has 1 aliphatic heterocycles. The monoisotopic (exact) mass is 352 g/mol. The molecular formula is C20H20N2O4. The normalized spacial score (nSPS) is 19.4. The molecule has 6 heteroatoms. The molecule has 26 heavy (non-hydrogen) atoms. The molecule has 0 aliphatic carbocycles. The maximum absolute atomic E-state index is 12.8. The average molecular weight is 352 g/mol. The van der Waals surface area contributed by atoms with Crippen LogP contribution < -0.4 is 10.1 Å². The highest BCUT2D eigenvalue weighted by Gasteiger charge is 2.49. The van der Waals surface area contributed by atoms with Crippen molar-refractivity contribution in [2.24, 2.45) is 0 Å². The second kappa shape index (κ2) is 7.00. The number of ketones is 1.